The molecule has 0 saturated carbocycles. The summed E-state index contributed by atoms with van der Waals surface area (Å²) in [7, 11) is 1.68. The van der Waals surface area contributed by atoms with Crippen molar-refractivity contribution in [3.8, 4) is 17.0 Å². The van der Waals surface area contributed by atoms with Crippen LogP contribution in [0, 0.1) is 0 Å². The van der Waals surface area contributed by atoms with E-state index in [1.165, 1.54) is 5.56 Å². The molecule has 7 heteroatoms. The molecule has 0 radical (unpaired) electrons. The Hall–Kier alpha value is -3.19. The van der Waals surface area contributed by atoms with E-state index in [1.807, 2.05) is 30.5 Å². The van der Waals surface area contributed by atoms with Crippen LogP contribution in [0.3, 0.4) is 0 Å². The van der Waals surface area contributed by atoms with Crippen molar-refractivity contribution in [2.45, 2.75) is 6.42 Å². The average Bonchev–Trinajstić information content (AvgIpc) is 2.80. The molecule has 1 N–H and O–H groups in total. The first-order valence-corrected chi connectivity index (χ1v) is 9.80. The van der Waals surface area contributed by atoms with E-state index in [1.54, 1.807) is 13.4 Å². The van der Waals surface area contributed by atoms with Crippen LogP contribution in [0.5, 0.6) is 5.75 Å². The zero-order chi connectivity index (χ0) is 19.9. The number of pyridine rings is 1. The fourth-order valence-corrected chi connectivity index (χ4v) is 3.26. The zero-order valence-electron chi connectivity index (χ0n) is 16.5. The molecule has 0 aliphatic carbocycles. The zero-order valence-corrected chi connectivity index (χ0v) is 16.5. The quantitative estimate of drug-likeness (QED) is 0.664. The maximum Gasteiger partial charge on any atom is 0.129 e. The highest BCUT2D eigenvalue weighted by atomic mass is 16.5. The lowest BCUT2D eigenvalue weighted by molar-refractivity contribution is 0.122. The number of ether oxygens (including phenoxy) is 2. The minimum Gasteiger partial charge on any atom is -0.497 e. The van der Waals surface area contributed by atoms with Crippen molar-refractivity contribution >= 4 is 11.6 Å². The van der Waals surface area contributed by atoms with Crippen LogP contribution >= 0.6 is 0 Å². The van der Waals surface area contributed by atoms with Gasteiger partial charge in [0, 0.05) is 37.5 Å². The largest absolute Gasteiger partial charge is 0.497 e. The van der Waals surface area contributed by atoms with E-state index in [9.17, 15) is 0 Å². The summed E-state index contributed by atoms with van der Waals surface area (Å²) in [5.74, 6) is 2.65. The lowest BCUT2D eigenvalue weighted by Crippen LogP contribution is -2.36. The summed E-state index contributed by atoms with van der Waals surface area (Å²) in [4.78, 5) is 15.6. The Labute approximate surface area is 170 Å². The van der Waals surface area contributed by atoms with E-state index in [4.69, 9.17) is 9.47 Å². The first-order valence-electron chi connectivity index (χ1n) is 9.80. The van der Waals surface area contributed by atoms with Gasteiger partial charge in [-0.05, 0) is 36.2 Å². The van der Waals surface area contributed by atoms with E-state index in [0.717, 1.165) is 67.9 Å². The smallest absolute Gasteiger partial charge is 0.129 e. The van der Waals surface area contributed by atoms with Gasteiger partial charge in [0.25, 0.3) is 0 Å². The Morgan fingerprint density at radius 1 is 1.03 bits per heavy atom. The van der Waals surface area contributed by atoms with E-state index in [0.29, 0.717) is 0 Å². The Balaban J connectivity index is 1.36. The summed E-state index contributed by atoms with van der Waals surface area (Å²) in [6.45, 7) is 4.04. The highest BCUT2D eigenvalue weighted by molar-refractivity contribution is 5.62. The van der Waals surface area contributed by atoms with Crippen molar-refractivity contribution in [1.29, 1.82) is 0 Å². The van der Waals surface area contributed by atoms with Crippen molar-refractivity contribution < 1.29 is 9.47 Å². The maximum atomic E-state index is 5.40. The second-order valence-corrected chi connectivity index (χ2v) is 6.82. The Bertz CT molecular complexity index is 909. The lowest BCUT2D eigenvalue weighted by Gasteiger charge is -2.27. The number of benzene rings is 1. The number of hydrogen-bond acceptors (Lipinski definition) is 7. The van der Waals surface area contributed by atoms with Gasteiger partial charge in [0.2, 0.25) is 0 Å². The summed E-state index contributed by atoms with van der Waals surface area (Å²) in [5.41, 5.74) is 3.08. The van der Waals surface area contributed by atoms with Gasteiger partial charge >= 0.3 is 0 Å². The number of anilines is 2. The lowest BCUT2D eigenvalue weighted by atomic mass is 10.1. The molecular weight excluding hydrogens is 366 g/mol. The molecule has 3 heterocycles. The van der Waals surface area contributed by atoms with E-state index in [2.05, 4.69) is 43.4 Å². The molecule has 0 spiro atoms. The van der Waals surface area contributed by atoms with Gasteiger partial charge in [-0.25, -0.2) is 15.0 Å². The van der Waals surface area contributed by atoms with Crippen LogP contribution in [0.1, 0.15) is 5.56 Å². The fraction of sp³-hybridized carbons (Fsp3) is 0.318. The number of aromatic nitrogens is 3. The van der Waals surface area contributed by atoms with Crippen LogP contribution < -0.4 is 15.0 Å². The average molecular weight is 391 g/mol. The molecule has 29 heavy (non-hydrogen) atoms. The van der Waals surface area contributed by atoms with Crippen LogP contribution in [-0.2, 0) is 11.2 Å². The van der Waals surface area contributed by atoms with Crippen LogP contribution in [0.15, 0.2) is 55.0 Å². The first kappa shape index (κ1) is 19.1. The summed E-state index contributed by atoms with van der Waals surface area (Å²) in [5, 5.41) is 3.37. The number of methoxy groups -OCH3 is 1. The number of rotatable bonds is 7. The van der Waals surface area contributed by atoms with Gasteiger partial charge < -0.3 is 19.7 Å². The standard InChI is InChI=1S/C22H25N5O2/c1-28-19-5-2-17(3-6-19)8-9-23-21-14-20(25-16-26-21)18-4-7-22(24-15-18)27-10-12-29-13-11-27/h2-7,14-16H,8-13H2,1H3,(H,23,25,26). The van der Waals surface area contributed by atoms with Gasteiger partial charge in [0.1, 0.15) is 23.7 Å². The van der Waals surface area contributed by atoms with Gasteiger partial charge in [-0.2, -0.15) is 0 Å². The van der Waals surface area contributed by atoms with Crippen molar-refractivity contribution in [3.63, 3.8) is 0 Å². The summed E-state index contributed by atoms with van der Waals surface area (Å²) < 4.78 is 10.6. The second-order valence-electron chi connectivity index (χ2n) is 6.82. The number of hydrogen-bond donors (Lipinski definition) is 1. The van der Waals surface area contributed by atoms with Crippen molar-refractivity contribution in [2.75, 3.05) is 50.2 Å². The molecule has 1 fully saturated rings. The fourth-order valence-electron chi connectivity index (χ4n) is 3.26. The molecule has 150 valence electrons. The third kappa shape index (κ3) is 5.00. The Morgan fingerprint density at radius 3 is 2.59 bits per heavy atom. The Morgan fingerprint density at radius 2 is 1.86 bits per heavy atom. The molecule has 7 nitrogen and oxygen atoms in total. The normalized spacial score (nSPS) is 13.9. The number of morpholine rings is 1. The van der Waals surface area contributed by atoms with E-state index in [-0.39, 0.29) is 0 Å². The molecule has 4 rings (SSSR count). The van der Waals surface area contributed by atoms with Crippen LogP contribution in [0.4, 0.5) is 11.6 Å². The highest BCUT2D eigenvalue weighted by Gasteiger charge is 2.12. The van der Waals surface area contributed by atoms with Gasteiger partial charge in [0.05, 0.1) is 26.0 Å². The van der Waals surface area contributed by atoms with E-state index < -0.39 is 0 Å². The third-order valence-electron chi connectivity index (χ3n) is 4.92. The summed E-state index contributed by atoms with van der Waals surface area (Å²) in [6, 6.07) is 14.2. The SMILES string of the molecule is COc1ccc(CCNc2cc(-c3ccc(N4CCOCC4)nc3)ncn2)cc1. The molecule has 3 aromatic rings. The molecule has 0 atom stereocenters. The van der Waals surface area contributed by atoms with Crippen molar-refractivity contribution in [3.05, 3.63) is 60.6 Å². The predicted octanol–water partition coefficient (Wildman–Crippen LogP) is 3.04. The van der Waals surface area contributed by atoms with Crippen LogP contribution in [0.25, 0.3) is 11.3 Å². The molecule has 0 bridgehead atoms. The molecule has 0 unspecified atom stereocenters. The monoisotopic (exact) mass is 391 g/mol. The van der Waals surface area contributed by atoms with Crippen LogP contribution in [0.2, 0.25) is 0 Å². The second kappa shape index (κ2) is 9.34. The molecule has 1 aliphatic rings. The predicted molar refractivity (Wildman–Crippen MR) is 113 cm³/mol. The topological polar surface area (TPSA) is 72.4 Å². The van der Waals surface area contributed by atoms with Gasteiger partial charge in [-0.15, -0.1) is 0 Å². The maximum absolute atomic E-state index is 5.40. The summed E-state index contributed by atoms with van der Waals surface area (Å²) >= 11 is 0. The van der Waals surface area contributed by atoms with E-state index >= 15 is 0 Å². The number of nitrogens with zero attached hydrogens (tertiary/aromatic N) is 4. The van der Waals surface area contributed by atoms with Gasteiger partial charge in [-0.3, -0.25) is 0 Å². The minimum atomic E-state index is 0.751. The van der Waals surface area contributed by atoms with Crippen molar-refractivity contribution in [2.24, 2.45) is 0 Å². The highest BCUT2D eigenvalue weighted by Crippen LogP contribution is 2.21. The minimum absolute atomic E-state index is 0.751. The first-order chi connectivity index (χ1) is 14.3. The Kier molecular flexibility index (Phi) is 6.16. The van der Waals surface area contributed by atoms with Crippen LogP contribution in [-0.4, -0.2) is 54.9 Å². The molecule has 2 aromatic heterocycles. The third-order valence-corrected chi connectivity index (χ3v) is 4.92. The summed E-state index contributed by atoms with van der Waals surface area (Å²) in [6.07, 6.45) is 4.36. The molecular formula is C22H25N5O2. The van der Waals surface area contributed by atoms with Crippen molar-refractivity contribution in [1.82, 2.24) is 15.0 Å². The van der Waals surface area contributed by atoms with Gasteiger partial charge in [0.15, 0.2) is 0 Å². The van der Waals surface area contributed by atoms with Gasteiger partial charge in [-0.1, -0.05) is 12.1 Å². The molecule has 0 amide bonds. The molecule has 1 aromatic carbocycles. The number of nitrogens with one attached hydrogen (secondary N) is 1. The molecule has 1 aliphatic heterocycles. The molecule has 1 saturated heterocycles.